The number of rotatable bonds is 3. The summed E-state index contributed by atoms with van der Waals surface area (Å²) in [4.78, 5) is 28.9. The third kappa shape index (κ3) is 3.70. The maximum absolute atomic E-state index is 13.9. The Kier molecular flexibility index (Phi) is 5.81. The number of carbonyl (C=O) groups excluding carboxylic acids is 2. The largest absolute Gasteiger partial charge is 0.347 e. The molecule has 2 aliphatic heterocycles. The van der Waals surface area contributed by atoms with Gasteiger partial charge in [-0.2, -0.15) is 0 Å². The van der Waals surface area contributed by atoms with Gasteiger partial charge >= 0.3 is 0 Å². The van der Waals surface area contributed by atoms with Crippen molar-refractivity contribution in [3.63, 3.8) is 0 Å². The van der Waals surface area contributed by atoms with Crippen molar-refractivity contribution in [2.75, 3.05) is 19.4 Å². The van der Waals surface area contributed by atoms with Crippen LogP contribution in [0.5, 0.6) is 0 Å². The molecule has 2 heterocycles. The molecule has 7 heteroatoms. The van der Waals surface area contributed by atoms with Gasteiger partial charge in [-0.1, -0.05) is 62.2 Å². The van der Waals surface area contributed by atoms with Crippen LogP contribution in [0.15, 0.2) is 42.5 Å². The number of likely N-dealkylation sites (N-methyl/N-ethyl adjacent to an activating group) is 1. The molecule has 5 nitrogen and oxygen atoms in total. The lowest BCUT2D eigenvalue weighted by Gasteiger charge is -2.37. The van der Waals surface area contributed by atoms with Crippen LogP contribution in [0.25, 0.3) is 0 Å². The highest BCUT2D eigenvalue weighted by atomic mass is 35.5. The summed E-state index contributed by atoms with van der Waals surface area (Å²) >= 11 is 12.6. The van der Waals surface area contributed by atoms with E-state index in [0.29, 0.717) is 22.2 Å². The maximum Gasteiger partial charge on any atom is 0.239 e. The fourth-order valence-corrected chi connectivity index (χ4v) is 5.76. The monoisotopic (exact) mass is 473 g/mol. The van der Waals surface area contributed by atoms with E-state index in [4.69, 9.17) is 23.2 Å². The topological polar surface area (TPSA) is 61.4 Å². The van der Waals surface area contributed by atoms with Gasteiger partial charge in [0.25, 0.3) is 0 Å². The molecule has 2 aliphatic rings. The minimum absolute atomic E-state index is 0.0685. The number of fused-ring (bicyclic) bond motifs is 2. The van der Waals surface area contributed by atoms with Gasteiger partial charge in [0.15, 0.2) is 0 Å². The molecule has 170 valence electrons. The van der Waals surface area contributed by atoms with Crippen molar-refractivity contribution in [1.29, 1.82) is 0 Å². The molecule has 0 aliphatic carbocycles. The predicted molar refractivity (Wildman–Crippen MR) is 129 cm³/mol. The summed E-state index contributed by atoms with van der Waals surface area (Å²) in [6.07, 6.45) is 0.705. The SMILES string of the molecule is CN(C)C(=O)[C@@H]1N[C@H](CC(C)(C)C)[C@]2(C(=O)Nc3cc(Cl)ccc32)C1c1cccc(Cl)c1. The Balaban J connectivity index is 2.01. The van der Waals surface area contributed by atoms with Gasteiger partial charge in [0.2, 0.25) is 11.8 Å². The van der Waals surface area contributed by atoms with Gasteiger partial charge in [-0.3, -0.25) is 9.59 Å². The van der Waals surface area contributed by atoms with Crippen LogP contribution in [0.3, 0.4) is 0 Å². The predicted octanol–water partition coefficient (Wildman–Crippen LogP) is 4.83. The van der Waals surface area contributed by atoms with Crippen molar-refractivity contribution in [1.82, 2.24) is 10.2 Å². The van der Waals surface area contributed by atoms with Gasteiger partial charge in [0, 0.05) is 41.8 Å². The second kappa shape index (κ2) is 8.05. The second-order valence-electron chi connectivity index (χ2n) is 10.2. The van der Waals surface area contributed by atoms with Crippen LogP contribution in [-0.2, 0) is 15.0 Å². The Labute approximate surface area is 199 Å². The number of hydrogen-bond donors (Lipinski definition) is 2. The molecule has 2 aromatic rings. The second-order valence-corrected chi connectivity index (χ2v) is 11.1. The summed E-state index contributed by atoms with van der Waals surface area (Å²) in [5, 5.41) is 7.78. The van der Waals surface area contributed by atoms with Crippen molar-refractivity contribution in [3.8, 4) is 0 Å². The van der Waals surface area contributed by atoms with Gasteiger partial charge < -0.3 is 15.5 Å². The van der Waals surface area contributed by atoms with Crippen molar-refractivity contribution in [2.24, 2.45) is 5.41 Å². The van der Waals surface area contributed by atoms with Crippen LogP contribution in [0, 0.1) is 5.41 Å². The van der Waals surface area contributed by atoms with Gasteiger partial charge in [-0.25, -0.2) is 0 Å². The van der Waals surface area contributed by atoms with Crippen LogP contribution in [0.1, 0.15) is 44.2 Å². The van der Waals surface area contributed by atoms with Crippen molar-refractivity contribution in [3.05, 3.63) is 63.6 Å². The standard InChI is InChI=1S/C25H29Cl2N3O2/c1-24(2,3)13-19-25(17-10-9-16(27)12-18(17)28-23(25)32)20(14-7-6-8-15(26)11-14)21(29-19)22(31)30(4)5/h6-12,19-21,29H,13H2,1-5H3,(H,28,32)/t19-,20?,21-,25+/m1/s1. The smallest absolute Gasteiger partial charge is 0.239 e. The highest BCUT2D eigenvalue weighted by molar-refractivity contribution is 6.31. The molecule has 1 unspecified atom stereocenters. The lowest BCUT2D eigenvalue weighted by atomic mass is 9.62. The number of hydrogen-bond acceptors (Lipinski definition) is 3. The minimum atomic E-state index is -0.978. The van der Waals surface area contributed by atoms with E-state index in [2.05, 4.69) is 31.4 Å². The normalized spacial score (nSPS) is 26.8. The van der Waals surface area contributed by atoms with E-state index in [1.165, 1.54) is 0 Å². The molecule has 32 heavy (non-hydrogen) atoms. The summed E-state index contributed by atoms with van der Waals surface area (Å²) in [5.41, 5.74) is 1.38. The molecule has 0 saturated carbocycles. The van der Waals surface area contributed by atoms with Crippen LogP contribution in [0.2, 0.25) is 10.0 Å². The molecule has 1 saturated heterocycles. The Morgan fingerprint density at radius 2 is 1.78 bits per heavy atom. The van der Waals surface area contributed by atoms with Crippen molar-refractivity contribution >= 4 is 40.7 Å². The average Bonchev–Trinajstić information content (AvgIpc) is 3.15. The lowest BCUT2D eigenvalue weighted by molar-refractivity contribution is -0.131. The Morgan fingerprint density at radius 1 is 1.09 bits per heavy atom. The number of carbonyl (C=O) groups is 2. The molecule has 4 atom stereocenters. The Hall–Kier alpha value is -2.08. The first-order valence-corrected chi connectivity index (χ1v) is 11.5. The summed E-state index contributed by atoms with van der Waals surface area (Å²) in [6, 6.07) is 12.2. The van der Waals surface area contributed by atoms with Gasteiger partial charge in [-0.15, -0.1) is 0 Å². The van der Waals surface area contributed by atoms with E-state index in [1.54, 1.807) is 31.1 Å². The Bertz CT molecular complexity index is 1080. The molecule has 2 aromatic carbocycles. The van der Waals surface area contributed by atoms with E-state index < -0.39 is 17.4 Å². The van der Waals surface area contributed by atoms with Gasteiger partial charge in [0.1, 0.15) is 5.41 Å². The first-order chi connectivity index (χ1) is 14.9. The maximum atomic E-state index is 13.9. The molecule has 0 aromatic heterocycles. The van der Waals surface area contributed by atoms with E-state index in [1.807, 2.05) is 30.3 Å². The number of benzene rings is 2. The highest BCUT2D eigenvalue weighted by Crippen LogP contribution is 2.56. The first kappa shape index (κ1) is 23.1. The fourth-order valence-electron chi connectivity index (χ4n) is 5.39. The molecule has 0 radical (unpaired) electrons. The number of nitrogens with zero attached hydrogens (tertiary/aromatic N) is 1. The van der Waals surface area contributed by atoms with Crippen LogP contribution >= 0.6 is 23.2 Å². The third-order valence-corrected chi connectivity index (χ3v) is 7.01. The lowest BCUT2D eigenvalue weighted by Crippen LogP contribution is -2.49. The van der Waals surface area contributed by atoms with Gasteiger partial charge in [-0.05, 0) is 47.2 Å². The number of halogens is 2. The van der Waals surface area contributed by atoms with E-state index in [9.17, 15) is 9.59 Å². The molecule has 2 amide bonds. The van der Waals surface area contributed by atoms with Crippen LogP contribution < -0.4 is 10.6 Å². The van der Waals surface area contributed by atoms with Crippen LogP contribution in [0.4, 0.5) is 5.69 Å². The van der Waals surface area contributed by atoms with E-state index in [-0.39, 0.29) is 23.3 Å². The molecular weight excluding hydrogens is 445 g/mol. The zero-order valence-corrected chi connectivity index (χ0v) is 20.5. The quantitative estimate of drug-likeness (QED) is 0.670. The number of nitrogens with one attached hydrogen (secondary N) is 2. The van der Waals surface area contributed by atoms with Crippen molar-refractivity contribution < 1.29 is 9.59 Å². The Morgan fingerprint density at radius 3 is 2.41 bits per heavy atom. The summed E-state index contributed by atoms with van der Waals surface area (Å²) in [5.74, 6) is -0.623. The summed E-state index contributed by atoms with van der Waals surface area (Å²) in [7, 11) is 3.48. The highest BCUT2D eigenvalue weighted by Gasteiger charge is 2.65. The fraction of sp³-hybridized carbons (Fsp3) is 0.440. The zero-order chi connectivity index (χ0) is 23.4. The summed E-state index contributed by atoms with van der Waals surface area (Å²) in [6.45, 7) is 6.44. The minimum Gasteiger partial charge on any atom is -0.347 e. The number of anilines is 1. The first-order valence-electron chi connectivity index (χ1n) is 10.8. The number of amides is 2. The third-order valence-electron chi connectivity index (χ3n) is 6.54. The zero-order valence-electron chi connectivity index (χ0n) is 19.0. The van der Waals surface area contributed by atoms with Crippen LogP contribution in [-0.4, -0.2) is 42.9 Å². The molecule has 0 bridgehead atoms. The summed E-state index contributed by atoms with van der Waals surface area (Å²) < 4.78 is 0. The van der Waals surface area contributed by atoms with E-state index in [0.717, 1.165) is 11.1 Å². The van der Waals surface area contributed by atoms with Crippen molar-refractivity contribution in [2.45, 2.75) is 50.6 Å². The molecule has 1 fully saturated rings. The molecule has 1 spiro atoms. The van der Waals surface area contributed by atoms with Gasteiger partial charge in [0.05, 0.1) is 6.04 Å². The average molecular weight is 474 g/mol. The molecule has 4 rings (SSSR count). The van der Waals surface area contributed by atoms with E-state index >= 15 is 0 Å². The molecule has 2 N–H and O–H groups in total. The molecular formula is C25H29Cl2N3O2.